The molecule has 0 heterocycles. The molecule has 2 aromatic carbocycles. The van der Waals surface area contributed by atoms with E-state index in [1.165, 1.54) is 24.3 Å². The molecule has 0 saturated carbocycles. The van der Waals surface area contributed by atoms with Crippen molar-refractivity contribution in [3.63, 3.8) is 0 Å². The van der Waals surface area contributed by atoms with Gasteiger partial charge in [-0.2, -0.15) is 0 Å². The van der Waals surface area contributed by atoms with E-state index in [-0.39, 0.29) is 24.5 Å². The van der Waals surface area contributed by atoms with Crippen LogP contribution in [0.25, 0.3) is 0 Å². The largest absolute Gasteiger partial charge is 0.354 e. The van der Waals surface area contributed by atoms with Gasteiger partial charge in [-0.05, 0) is 36.2 Å². The van der Waals surface area contributed by atoms with E-state index in [2.05, 4.69) is 10.6 Å². The Balaban J connectivity index is 1.73. The van der Waals surface area contributed by atoms with Crippen LogP contribution >= 0.6 is 0 Å². The molecule has 2 N–H and O–H groups in total. The van der Waals surface area contributed by atoms with E-state index >= 15 is 0 Å². The molecule has 23 heavy (non-hydrogen) atoms. The lowest BCUT2D eigenvalue weighted by Gasteiger charge is -2.07. The van der Waals surface area contributed by atoms with Crippen LogP contribution in [0, 0.1) is 11.6 Å². The highest BCUT2D eigenvalue weighted by atomic mass is 19.1. The lowest BCUT2D eigenvalue weighted by Crippen LogP contribution is -2.37. The summed E-state index contributed by atoms with van der Waals surface area (Å²) in [6.07, 6.45) is 0.357. The number of benzene rings is 2. The zero-order valence-electron chi connectivity index (χ0n) is 12.3. The average Bonchev–Trinajstić information content (AvgIpc) is 2.54. The zero-order chi connectivity index (χ0) is 16.7. The average molecular weight is 318 g/mol. The fraction of sp³-hybridized carbons (Fsp3) is 0.176. The number of nitrogens with one attached hydrogen (secondary N) is 2. The van der Waals surface area contributed by atoms with Crippen LogP contribution < -0.4 is 10.6 Å². The molecule has 0 atom stereocenters. The van der Waals surface area contributed by atoms with Gasteiger partial charge in [-0.3, -0.25) is 9.59 Å². The van der Waals surface area contributed by atoms with E-state index in [0.29, 0.717) is 12.0 Å². The van der Waals surface area contributed by atoms with Gasteiger partial charge in [0.05, 0.1) is 6.54 Å². The molecule has 0 bridgehead atoms. The molecule has 0 saturated heterocycles. The maximum Gasteiger partial charge on any atom is 0.251 e. The van der Waals surface area contributed by atoms with E-state index in [0.717, 1.165) is 6.07 Å². The first kappa shape index (κ1) is 16.6. The molecule has 0 aliphatic heterocycles. The van der Waals surface area contributed by atoms with E-state index in [1.807, 2.05) is 0 Å². The Kier molecular flexibility index (Phi) is 5.80. The van der Waals surface area contributed by atoms with Crippen molar-refractivity contribution < 1.29 is 18.4 Å². The molecular weight excluding hydrogens is 302 g/mol. The second-order valence-electron chi connectivity index (χ2n) is 4.88. The van der Waals surface area contributed by atoms with E-state index in [1.54, 1.807) is 18.2 Å². The second-order valence-corrected chi connectivity index (χ2v) is 4.88. The highest BCUT2D eigenvalue weighted by Gasteiger charge is 2.08. The van der Waals surface area contributed by atoms with Crippen LogP contribution in [0.1, 0.15) is 15.9 Å². The van der Waals surface area contributed by atoms with Gasteiger partial charge in [0.15, 0.2) is 0 Å². The topological polar surface area (TPSA) is 58.2 Å². The Labute approximate surface area is 132 Å². The standard InChI is InChI=1S/C17H16F2N2O2/c18-14-6-3-5-13(10-14)17(23)21-11-16(22)20-9-8-12-4-1-2-7-15(12)19/h1-7,10H,8-9,11H2,(H,20,22)(H,21,23). The molecule has 0 aliphatic rings. The summed E-state index contributed by atoms with van der Waals surface area (Å²) < 4.78 is 26.4. The lowest BCUT2D eigenvalue weighted by molar-refractivity contribution is -0.120. The van der Waals surface area contributed by atoms with Crippen LogP contribution in [0.4, 0.5) is 8.78 Å². The summed E-state index contributed by atoms with van der Waals surface area (Å²) in [5.41, 5.74) is 0.653. The fourth-order valence-electron chi connectivity index (χ4n) is 1.99. The van der Waals surface area contributed by atoms with Crippen LogP contribution in [-0.2, 0) is 11.2 Å². The van der Waals surface area contributed by atoms with Crippen molar-refractivity contribution >= 4 is 11.8 Å². The third kappa shape index (κ3) is 5.18. The molecule has 2 rings (SSSR count). The summed E-state index contributed by atoms with van der Waals surface area (Å²) in [5.74, 6) is -1.77. The fourth-order valence-corrected chi connectivity index (χ4v) is 1.99. The SMILES string of the molecule is O=C(CNC(=O)c1cccc(F)c1)NCCc1ccccc1F. The van der Waals surface area contributed by atoms with Crippen LogP contribution in [0.3, 0.4) is 0 Å². The molecule has 0 fully saturated rings. The van der Waals surface area contributed by atoms with Gasteiger partial charge < -0.3 is 10.6 Å². The van der Waals surface area contributed by atoms with Crippen molar-refractivity contribution in [2.75, 3.05) is 13.1 Å². The maximum atomic E-state index is 13.4. The molecule has 6 heteroatoms. The second kappa shape index (κ2) is 8.03. The molecule has 0 radical (unpaired) electrons. The molecule has 0 aliphatic carbocycles. The molecular formula is C17H16F2N2O2. The Hall–Kier alpha value is -2.76. The molecule has 0 unspecified atom stereocenters. The molecule has 2 amide bonds. The van der Waals surface area contributed by atoms with Crippen molar-refractivity contribution in [1.29, 1.82) is 0 Å². The van der Waals surface area contributed by atoms with Gasteiger partial charge in [0.2, 0.25) is 5.91 Å². The molecule has 0 aromatic heterocycles. The smallest absolute Gasteiger partial charge is 0.251 e. The number of hydrogen-bond acceptors (Lipinski definition) is 2. The summed E-state index contributed by atoms with van der Waals surface area (Å²) in [7, 11) is 0. The number of amides is 2. The summed E-state index contributed by atoms with van der Waals surface area (Å²) >= 11 is 0. The number of halogens is 2. The van der Waals surface area contributed by atoms with Gasteiger partial charge in [-0.1, -0.05) is 24.3 Å². The Bertz CT molecular complexity index is 704. The molecule has 2 aromatic rings. The van der Waals surface area contributed by atoms with Crippen LogP contribution in [0.5, 0.6) is 0 Å². The molecule has 0 spiro atoms. The first-order valence-corrected chi connectivity index (χ1v) is 7.10. The summed E-state index contributed by atoms with van der Waals surface area (Å²) in [6.45, 7) is 0.0300. The van der Waals surface area contributed by atoms with E-state index < -0.39 is 17.6 Å². The van der Waals surface area contributed by atoms with Crippen molar-refractivity contribution in [3.8, 4) is 0 Å². The summed E-state index contributed by atoms with van der Waals surface area (Å²) in [6, 6.07) is 11.5. The van der Waals surface area contributed by atoms with Gasteiger partial charge in [0.25, 0.3) is 5.91 Å². The predicted molar refractivity (Wildman–Crippen MR) is 81.8 cm³/mol. The Morgan fingerprint density at radius 3 is 2.48 bits per heavy atom. The normalized spacial score (nSPS) is 10.2. The van der Waals surface area contributed by atoms with Crippen molar-refractivity contribution in [1.82, 2.24) is 10.6 Å². The number of rotatable bonds is 6. The third-order valence-electron chi connectivity index (χ3n) is 3.17. The van der Waals surface area contributed by atoms with E-state index in [4.69, 9.17) is 0 Å². The monoisotopic (exact) mass is 318 g/mol. The molecule has 4 nitrogen and oxygen atoms in total. The minimum Gasteiger partial charge on any atom is -0.354 e. The van der Waals surface area contributed by atoms with Crippen LogP contribution in [0.15, 0.2) is 48.5 Å². The van der Waals surface area contributed by atoms with Crippen LogP contribution in [-0.4, -0.2) is 24.9 Å². The lowest BCUT2D eigenvalue weighted by atomic mass is 10.1. The summed E-state index contributed by atoms with van der Waals surface area (Å²) in [4.78, 5) is 23.4. The highest BCUT2D eigenvalue weighted by Crippen LogP contribution is 2.06. The van der Waals surface area contributed by atoms with E-state index in [9.17, 15) is 18.4 Å². The Morgan fingerprint density at radius 1 is 0.957 bits per heavy atom. The first-order valence-electron chi connectivity index (χ1n) is 7.10. The molecule has 120 valence electrons. The van der Waals surface area contributed by atoms with Crippen molar-refractivity contribution in [2.45, 2.75) is 6.42 Å². The minimum atomic E-state index is -0.534. The van der Waals surface area contributed by atoms with Gasteiger partial charge >= 0.3 is 0 Å². The van der Waals surface area contributed by atoms with Gasteiger partial charge in [-0.15, -0.1) is 0 Å². The summed E-state index contributed by atoms with van der Waals surface area (Å²) in [5, 5.41) is 4.98. The van der Waals surface area contributed by atoms with Gasteiger partial charge in [0, 0.05) is 12.1 Å². The highest BCUT2D eigenvalue weighted by molar-refractivity contribution is 5.96. The maximum absolute atomic E-state index is 13.4. The van der Waals surface area contributed by atoms with Crippen LogP contribution in [0.2, 0.25) is 0 Å². The first-order chi connectivity index (χ1) is 11.1. The number of hydrogen-bond donors (Lipinski definition) is 2. The number of carbonyl (C=O) groups excluding carboxylic acids is 2. The van der Waals surface area contributed by atoms with Crippen molar-refractivity contribution in [3.05, 3.63) is 71.3 Å². The van der Waals surface area contributed by atoms with Gasteiger partial charge in [0.1, 0.15) is 11.6 Å². The third-order valence-corrected chi connectivity index (χ3v) is 3.17. The zero-order valence-corrected chi connectivity index (χ0v) is 12.3. The predicted octanol–water partition coefficient (Wildman–Crippen LogP) is 2.05. The number of carbonyl (C=O) groups is 2. The Morgan fingerprint density at radius 2 is 1.74 bits per heavy atom. The van der Waals surface area contributed by atoms with Crippen molar-refractivity contribution in [2.24, 2.45) is 0 Å². The minimum absolute atomic E-state index is 0.143. The van der Waals surface area contributed by atoms with Gasteiger partial charge in [-0.25, -0.2) is 8.78 Å². The quantitative estimate of drug-likeness (QED) is 0.856.